The van der Waals surface area contributed by atoms with Crippen LogP contribution >= 0.6 is 0 Å². The van der Waals surface area contributed by atoms with E-state index in [0.29, 0.717) is 19.1 Å². The van der Waals surface area contributed by atoms with Crippen LogP contribution in [0.25, 0.3) is 0 Å². The van der Waals surface area contributed by atoms with Crippen LogP contribution in [0, 0.1) is 6.92 Å². The van der Waals surface area contributed by atoms with Gasteiger partial charge in [-0.25, -0.2) is 4.98 Å². The number of aromatic nitrogens is 1. The summed E-state index contributed by atoms with van der Waals surface area (Å²) >= 11 is 0. The van der Waals surface area contributed by atoms with Crippen molar-refractivity contribution in [3.05, 3.63) is 17.8 Å². The first-order valence-corrected chi connectivity index (χ1v) is 3.59. The van der Waals surface area contributed by atoms with E-state index in [4.69, 9.17) is 9.47 Å². The van der Waals surface area contributed by atoms with Gasteiger partial charge in [0.05, 0.1) is 0 Å². The van der Waals surface area contributed by atoms with Crippen molar-refractivity contribution >= 4 is 0 Å². The number of fused-ring (bicyclic) bond motifs is 1. The van der Waals surface area contributed by atoms with E-state index in [9.17, 15) is 0 Å². The standard InChI is InChI=1S/C8H9NO2/c1-6-2-3-9-8-7(6)10-4-5-11-8/h2-3H,4-5H2,1H3. The third-order valence-corrected chi connectivity index (χ3v) is 1.64. The predicted octanol–water partition coefficient (Wildman–Crippen LogP) is 1.16. The van der Waals surface area contributed by atoms with Gasteiger partial charge in [0.2, 0.25) is 0 Å². The lowest BCUT2D eigenvalue weighted by atomic mass is 10.2. The molecule has 0 saturated heterocycles. The predicted molar refractivity (Wildman–Crippen MR) is 40.0 cm³/mol. The second-order valence-corrected chi connectivity index (χ2v) is 2.46. The Kier molecular flexibility index (Phi) is 1.42. The van der Waals surface area contributed by atoms with Gasteiger partial charge < -0.3 is 9.47 Å². The molecule has 58 valence electrons. The van der Waals surface area contributed by atoms with Crippen LogP contribution in [0.5, 0.6) is 11.6 Å². The van der Waals surface area contributed by atoms with Crippen molar-refractivity contribution < 1.29 is 9.47 Å². The Labute approximate surface area is 65.0 Å². The molecule has 1 aliphatic heterocycles. The molecule has 11 heavy (non-hydrogen) atoms. The van der Waals surface area contributed by atoms with Crippen molar-refractivity contribution in [2.24, 2.45) is 0 Å². The lowest BCUT2D eigenvalue weighted by molar-refractivity contribution is 0.163. The van der Waals surface area contributed by atoms with E-state index >= 15 is 0 Å². The van der Waals surface area contributed by atoms with E-state index in [1.54, 1.807) is 6.20 Å². The second kappa shape index (κ2) is 2.42. The largest absolute Gasteiger partial charge is 0.484 e. The van der Waals surface area contributed by atoms with E-state index in [-0.39, 0.29) is 0 Å². The molecule has 0 amide bonds. The molecule has 0 unspecified atom stereocenters. The van der Waals surface area contributed by atoms with Crippen molar-refractivity contribution in [1.82, 2.24) is 4.98 Å². The highest BCUT2D eigenvalue weighted by Gasteiger charge is 2.13. The normalized spacial score (nSPS) is 14.6. The van der Waals surface area contributed by atoms with Crippen molar-refractivity contribution in [2.75, 3.05) is 13.2 Å². The lowest BCUT2D eigenvalue weighted by Gasteiger charge is -2.18. The molecule has 0 fully saturated rings. The van der Waals surface area contributed by atoms with Gasteiger partial charge in [0.25, 0.3) is 5.88 Å². The smallest absolute Gasteiger partial charge is 0.257 e. The SMILES string of the molecule is Cc1ccnc2c1OCCO2. The van der Waals surface area contributed by atoms with E-state index in [1.165, 1.54) is 0 Å². The fourth-order valence-electron chi connectivity index (χ4n) is 1.08. The fraction of sp³-hybridized carbons (Fsp3) is 0.375. The Hall–Kier alpha value is -1.25. The number of hydrogen-bond acceptors (Lipinski definition) is 3. The molecule has 2 rings (SSSR count). The summed E-state index contributed by atoms with van der Waals surface area (Å²) in [5, 5.41) is 0. The van der Waals surface area contributed by atoms with Gasteiger partial charge in [0.15, 0.2) is 5.75 Å². The number of nitrogens with zero attached hydrogens (tertiary/aromatic N) is 1. The third kappa shape index (κ3) is 1.02. The molecule has 0 radical (unpaired) electrons. The fourth-order valence-corrected chi connectivity index (χ4v) is 1.08. The Morgan fingerprint density at radius 1 is 1.36 bits per heavy atom. The van der Waals surface area contributed by atoms with E-state index in [2.05, 4.69) is 4.98 Å². The summed E-state index contributed by atoms with van der Waals surface area (Å²) in [5.74, 6) is 1.41. The number of rotatable bonds is 0. The number of hydrogen-bond donors (Lipinski definition) is 0. The topological polar surface area (TPSA) is 31.4 Å². The van der Waals surface area contributed by atoms with Crippen molar-refractivity contribution in [1.29, 1.82) is 0 Å². The average molecular weight is 151 g/mol. The number of ether oxygens (including phenoxy) is 2. The molecule has 0 saturated carbocycles. The zero-order valence-electron chi connectivity index (χ0n) is 6.33. The summed E-state index contributed by atoms with van der Waals surface area (Å²) < 4.78 is 10.6. The highest BCUT2D eigenvalue weighted by Crippen LogP contribution is 2.29. The molecule has 0 atom stereocenters. The molecule has 2 heterocycles. The van der Waals surface area contributed by atoms with Crippen LogP contribution in [0.2, 0.25) is 0 Å². The Morgan fingerprint density at radius 3 is 3.00 bits per heavy atom. The van der Waals surface area contributed by atoms with Crippen molar-refractivity contribution in [3.8, 4) is 11.6 Å². The van der Waals surface area contributed by atoms with Gasteiger partial charge >= 0.3 is 0 Å². The summed E-state index contributed by atoms with van der Waals surface area (Å²) in [6.45, 7) is 3.21. The Morgan fingerprint density at radius 2 is 2.18 bits per heavy atom. The summed E-state index contributed by atoms with van der Waals surface area (Å²) in [6, 6.07) is 1.91. The van der Waals surface area contributed by atoms with Crippen LogP contribution < -0.4 is 9.47 Å². The molecule has 1 aromatic heterocycles. The van der Waals surface area contributed by atoms with Crippen molar-refractivity contribution in [3.63, 3.8) is 0 Å². The average Bonchev–Trinajstić information content (AvgIpc) is 2.06. The van der Waals surface area contributed by atoms with Gasteiger partial charge in [-0.3, -0.25) is 0 Å². The molecule has 0 bridgehead atoms. The molecular formula is C8H9NO2. The zero-order valence-corrected chi connectivity index (χ0v) is 6.33. The Balaban J connectivity index is 2.49. The molecule has 3 nitrogen and oxygen atoms in total. The zero-order chi connectivity index (χ0) is 7.68. The highest BCUT2D eigenvalue weighted by atomic mass is 16.6. The van der Waals surface area contributed by atoms with Crippen LogP contribution in [-0.4, -0.2) is 18.2 Å². The number of aryl methyl sites for hydroxylation is 1. The van der Waals surface area contributed by atoms with Crippen LogP contribution in [0.4, 0.5) is 0 Å². The maximum atomic E-state index is 5.37. The number of pyridine rings is 1. The minimum Gasteiger partial charge on any atom is -0.484 e. The first-order chi connectivity index (χ1) is 5.38. The van der Waals surface area contributed by atoms with Crippen LogP contribution in [0.1, 0.15) is 5.56 Å². The van der Waals surface area contributed by atoms with Gasteiger partial charge in [-0.15, -0.1) is 0 Å². The summed E-state index contributed by atoms with van der Waals surface area (Å²) in [6.07, 6.45) is 1.73. The molecule has 0 N–H and O–H groups in total. The van der Waals surface area contributed by atoms with Gasteiger partial charge in [-0.1, -0.05) is 0 Å². The molecular weight excluding hydrogens is 142 g/mol. The first kappa shape index (κ1) is 6.46. The van der Waals surface area contributed by atoms with Crippen LogP contribution in [-0.2, 0) is 0 Å². The summed E-state index contributed by atoms with van der Waals surface area (Å²) in [5.41, 5.74) is 1.08. The minimum atomic E-state index is 0.601. The van der Waals surface area contributed by atoms with E-state index < -0.39 is 0 Å². The molecule has 3 heteroatoms. The molecule has 0 aliphatic carbocycles. The molecule has 1 aromatic rings. The van der Waals surface area contributed by atoms with E-state index in [1.807, 2.05) is 13.0 Å². The first-order valence-electron chi connectivity index (χ1n) is 3.59. The quantitative estimate of drug-likeness (QED) is 0.557. The maximum Gasteiger partial charge on any atom is 0.257 e. The monoisotopic (exact) mass is 151 g/mol. The van der Waals surface area contributed by atoms with Gasteiger partial charge in [-0.2, -0.15) is 0 Å². The van der Waals surface area contributed by atoms with Crippen molar-refractivity contribution in [2.45, 2.75) is 6.92 Å². The van der Waals surface area contributed by atoms with Crippen LogP contribution in [0.3, 0.4) is 0 Å². The maximum absolute atomic E-state index is 5.37. The van der Waals surface area contributed by atoms with E-state index in [0.717, 1.165) is 11.3 Å². The second-order valence-electron chi connectivity index (χ2n) is 2.46. The lowest BCUT2D eigenvalue weighted by Crippen LogP contribution is -2.16. The van der Waals surface area contributed by atoms with Gasteiger partial charge in [0, 0.05) is 6.20 Å². The Bertz CT molecular complexity index is 273. The molecule has 1 aliphatic rings. The minimum absolute atomic E-state index is 0.601. The highest BCUT2D eigenvalue weighted by molar-refractivity contribution is 5.41. The molecule has 0 aromatic carbocycles. The summed E-state index contributed by atoms with van der Waals surface area (Å²) in [7, 11) is 0. The molecule has 0 spiro atoms. The summed E-state index contributed by atoms with van der Waals surface area (Å²) in [4.78, 5) is 4.03. The van der Waals surface area contributed by atoms with Crippen LogP contribution in [0.15, 0.2) is 12.3 Å². The van der Waals surface area contributed by atoms with Gasteiger partial charge in [-0.05, 0) is 18.6 Å². The van der Waals surface area contributed by atoms with Gasteiger partial charge in [0.1, 0.15) is 13.2 Å². The third-order valence-electron chi connectivity index (χ3n) is 1.64.